The number of hydrogen-bond acceptors (Lipinski definition) is 5. The molecular formula is C16H19N5O. The number of pyridine rings is 1. The van der Waals surface area contributed by atoms with Gasteiger partial charge in [-0.2, -0.15) is 4.52 Å². The van der Waals surface area contributed by atoms with Crippen LogP contribution in [0.3, 0.4) is 0 Å². The van der Waals surface area contributed by atoms with Crippen molar-refractivity contribution in [2.45, 2.75) is 32.4 Å². The molecule has 0 saturated carbocycles. The van der Waals surface area contributed by atoms with Gasteiger partial charge in [0.05, 0.1) is 11.6 Å². The van der Waals surface area contributed by atoms with Gasteiger partial charge < -0.3 is 10.1 Å². The van der Waals surface area contributed by atoms with E-state index in [-0.39, 0.29) is 0 Å². The summed E-state index contributed by atoms with van der Waals surface area (Å²) < 4.78 is 7.46. The highest BCUT2D eigenvalue weighted by Gasteiger charge is 2.15. The molecule has 0 bridgehead atoms. The topological polar surface area (TPSA) is 64.3 Å². The summed E-state index contributed by atoms with van der Waals surface area (Å²) in [5, 5.41) is 16.8. The number of benzene rings is 1. The molecule has 1 N–H and O–H groups in total. The van der Waals surface area contributed by atoms with E-state index in [1.165, 1.54) is 12.0 Å². The van der Waals surface area contributed by atoms with Crippen molar-refractivity contribution in [2.24, 2.45) is 0 Å². The summed E-state index contributed by atoms with van der Waals surface area (Å²) >= 11 is 0. The summed E-state index contributed by atoms with van der Waals surface area (Å²) in [4.78, 5) is 0. The molecular weight excluding hydrogens is 278 g/mol. The highest BCUT2D eigenvalue weighted by atomic mass is 16.5. The van der Waals surface area contributed by atoms with Crippen LogP contribution < -0.4 is 5.32 Å². The van der Waals surface area contributed by atoms with Gasteiger partial charge in [0, 0.05) is 30.6 Å². The van der Waals surface area contributed by atoms with E-state index >= 15 is 0 Å². The van der Waals surface area contributed by atoms with Crippen molar-refractivity contribution in [1.82, 2.24) is 25.4 Å². The quantitative estimate of drug-likeness (QED) is 0.796. The van der Waals surface area contributed by atoms with Gasteiger partial charge in [0.15, 0.2) is 5.65 Å². The van der Waals surface area contributed by atoms with Crippen LogP contribution in [0.15, 0.2) is 24.3 Å². The molecule has 0 amide bonds. The maximum Gasteiger partial charge on any atom is 0.184 e. The molecule has 3 aromatic rings. The standard InChI is InChI=1S/C16H19N5O/c1-11-4-5-15-12(7-11)8-13(16-18-19-20-21(15)16)9-17-10-14-3-2-6-22-14/h4-5,7-8,14,17H,2-3,6,9-10H2,1H3/t14-/m1/s1. The molecule has 1 aromatic carbocycles. The number of aryl methyl sites for hydroxylation is 1. The largest absolute Gasteiger partial charge is 0.377 e. The molecule has 1 aliphatic heterocycles. The maximum atomic E-state index is 5.64. The Balaban J connectivity index is 1.64. The number of nitrogens with zero attached hydrogens (tertiary/aromatic N) is 4. The molecule has 1 atom stereocenters. The smallest absolute Gasteiger partial charge is 0.184 e. The molecule has 2 aromatic heterocycles. The number of ether oxygens (including phenoxy) is 1. The van der Waals surface area contributed by atoms with Crippen molar-refractivity contribution < 1.29 is 4.74 Å². The summed E-state index contributed by atoms with van der Waals surface area (Å²) in [6.45, 7) is 4.60. The van der Waals surface area contributed by atoms with Gasteiger partial charge in [0.2, 0.25) is 0 Å². The molecule has 114 valence electrons. The van der Waals surface area contributed by atoms with Gasteiger partial charge in [-0.1, -0.05) is 11.6 Å². The van der Waals surface area contributed by atoms with Crippen LogP contribution in [0.4, 0.5) is 0 Å². The fourth-order valence-electron chi connectivity index (χ4n) is 3.09. The summed E-state index contributed by atoms with van der Waals surface area (Å²) in [6, 6.07) is 8.49. The van der Waals surface area contributed by atoms with Crippen molar-refractivity contribution >= 4 is 16.6 Å². The Morgan fingerprint density at radius 3 is 3.18 bits per heavy atom. The van der Waals surface area contributed by atoms with Crippen LogP contribution in [-0.4, -0.2) is 39.3 Å². The summed E-state index contributed by atoms with van der Waals surface area (Å²) in [5.74, 6) is 0. The fourth-order valence-corrected chi connectivity index (χ4v) is 3.09. The molecule has 0 spiro atoms. The number of fused-ring (bicyclic) bond motifs is 3. The number of hydrogen-bond donors (Lipinski definition) is 1. The van der Waals surface area contributed by atoms with Crippen molar-refractivity contribution in [3.63, 3.8) is 0 Å². The molecule has 22 heavy (non-hydrogen) atoms. The van der Waals surface area contributed by atoms with Crippen LogP contribution in [0.2, 0.25) is 0 Å². The van der Waals surface area contributed by atoms with Crippen LogP contribution in [0.1, 0.15) is 24.0 Å². The predicted molar refractivity (Wildman–Crippen MR) is 83.7 cm³/mol. The van der Waals surface area contributed by atoms with Crippen LogP contribution in [0.5, 0.6) is 0 Å². The molecule has 1 aliphatic rings. The first-order chi connectivity index (χ1) is 10.8. The zero-order valence-corrected chi connectivity index (χ0v) is 12.6. The molecule has 3 heterocycles. The minimum absolute atomic E-state index is 0.342. The van der Waals surface area contributed by atoms with E-state index in [1.54, 1.807) is 0 Å². The SMILES string of the molecule is Cc1ccc2c(c1)cc(CNC[C@H]1CCCO1)c1nnnn12. The highest BCUT2D eigenvalue weighted by molar-refractivity contribution is 5.83. The first kappa shape index (κ1) is 13.6. The zero-order valence-electron chi connectivity index (χ0n) is 12.6. The van der Waals surface area contributed by atoms with E-state index in [0.29, 0.717) is 6.10 Å². The Bertz CT molecular complexity index is 807. The lowest BCUT2D eigenvalue weighted by Crippen LogP contribution is -2.26. The molecule has 0 unspecified atom stereocenters. The normalized spacial score (nSPS) is 18.5. The van der Waals surface area contributed by atoms with Crippen LogP contribution in [0, 0.1) is 6.92 Å². The van der Waals surface area contributed by atoms with E-state index in [1.807, 2.05) is 4.52 Å². The van der Waals surface area contributed by atoms with E-state index in [4.69, 9.17) is 4.74 Å². The Morgan fingerprint density at radius 1 is 1.36 bits per heavy atom. The van der Waals surface area contributed by atoms with Crippen molar-refractivity contribution in [1.29, 1.82) is 0 Å². The van der Waals surface area contributed by atoms with Gasteiger partial charge in [0.1, 0.15) is 0 Å². The second-order valence-corrected chi connectivity index (χ2v) is 5.91. The third-order valence-electron chi connectivity index (χ3n) is 4.21. The predicted octanol–water partition coefficient (Wildman–Crippen LogP) is 1.85. The Labute approximate surface area is 128 Å². The van der Waals surface area contributed by atoms with E-state index in [9.17, 15) is 0 Å². The molecule has 6 heteroatoms. The number of aromatic nitrogens is 4. The number of nitrogens with one attached hydrogen (secondary N) is 1. The second-order valence-electron chi connectivity index (χ2n) is 5.91. The third kappa shape index (κ3) is 2.44. The Kier molecular flexibility index (Phi) is 3.48. The average molecular weight is 297 g/mol. The lowest BCUT2D eigenvalue weighted by molar-refractivity contribution is 0.110. The minimum atomic E-state index is 0.342. The van der Waals surface area contributed by atoms with Gasteiger partial charge in [-0.15, -0.1) is 5.10 Å². The molecule has 0 radical (unpaired) electrons. The summed E-state index contributed by atoms with van der Waals surface area (Å²) in [6.07, 6.45) is 2.65. The lowest BCUT2D eigenvalue weighted by atomic mass is 10.1. The first-order valence-corrected chi connectivity index (χ1v) is 7.74. The Hall–Kier alpha value is -2.05. The molecule has 0 aliphatic carbocycles. The maximum absolute atomic E-state index is 5.64. The van der Waals surface area contributed by atoms with Crippen molar-refractivity contribution in [3.8, 4) is 0 Å². The third-order valence-corrected chi connectivity index (χ3v) is 4.21. The Morgan fingerprint density at radius 2 is 2.32 bits per heavy atom. The van der Waals surface area contributed by atoms with Crippen molar-refractivity contribution in [3.05, 3.63) is 35.4 Å². The summed E-state index contributed by atoms with van der Waals surface area (Å²) in [5.41, 5.74) is 4.20. The summed E-state index contributed by atoms with van der Waals surface area (Å²) in [7, 11) is 0. The molecule has 1 saturated heterocycles. The van der Waals surface area contributed by atoms with E-state index in [0.717, 1.165) is 48.2 Å². The first-order valence-electron chi connectivity index (χ1n) is 7.74. The van der Waals surface area contributed by atoms with Gasteiger partial charge in [-0.25, -0.2) is 0 Å². The highest BCUT2D eigenvalue weighted by Crippen LogP contribution is 2.20. The average Bonchev–Trinajstić information content (AvgIpc) is 3.18. The lowest BCUT2D eigenvalue weighted by Gasteiger charge is -2.12. The monoisotopic (exact) mass is 297 g/mol. The van der Waals surface area contributed by atoms with E-state index in [2.05, 4.69) is 52.0 Å². The zero-order chi connectivity index (χ0) is 14.9. The van der Waals surface area contributed by atoms with Crippen molar-refractivity contribution in [2.75, 3.05) is 13.2 Å². The number of tetrazole rings is 1. The second kappa shape index (κ2) is 5.62. The molecule has 6 nitrogen and oxygen atoms in total. The van der Waals surface area contributed by atoms with E-state index < -0.39 is 0 Å². The van der Waals surface area contributed by atoms with Crippen LogP contribution >= 0.6 is 0 Å². The van der Waals surface area contributed by atoms with Gasteiger partial charge >= 0.3 is 0 Å². The fraction of sp³-hybridized carbons (Fsp3) is 0.438. The van der Waals surface area contributed by atoms with Crippen LogP contribution in [0.25, 0.3) is 16.6 Å². The molecule has 4 rings (SSSR count). The van der Waals surface area contributed by atoms with Gasteiger partial charge in [-0.05, 0) is 48.4 Å². The van der Waals surface area contributed by atoms with Gasteiger partial charge in [0.25, 0.3) is 0 Å². The van der Waals surface area contributed by atoms with Gasteiger partial charge in [-0.3, -0.25) is 0 Å². The van der Waals surface area contributed by atoms with Crippen LogP contribution in [-0.2, 0) is 11.3 Å². The molecule has 1 fully saturated rings. The minimum Gasteiger partial charge on any atom is -0.377 e. The number of rotatable bonds is 4.